The fourth-order valence-corrected chi connectivity index (χ4v) is 2.59. The number of hydrogen-bond donors (Lipinski definition) is 2. The third-order valence-electron chi connectivity index (χ3n) is 3.07. The number of anilines is 2. The first-order chi connectivity index (χ1) is 11.8. The van der Waals surface area contributed by atoms with Crippen molar-refractivity contribution in [3.8, 4) is 0 Å². The van der Waals surface area contributed by atoms with Crippen molar-refractivity contribution in [2.45, 2.75) is 0 Å². The standard InChI is InChI=1S/C12H10ClN7O4S/c1-19-12(22)20-5-14-9(10(20)16-18-19)11(21)15-7-2-6(13)3-8(4-7)17-25(23)24/h2-5,17H,1H3,(H,15,21)(H,23,24)/p-1. The van der Waals surface area contributed by atoms with Crippen LogP contribution in [-0.4, -0.2) is 39.0 Å². The summed E-state index contributed by atoms with van der Waals surface area (Å²) in [5.41, 5.74) is -0.250. The highest BCUT2D eigenvalue weighted by atomic mass is 35.5. The van der Waals surface area contributed by atoms with Gasteiger partial charge in [-0.15, -0.1) is 5.10 Å². The second-order valence-corrected chi connectivity index (χ2v) is 5.91. The molecule has 11 nitrogen and oxygen atoms in total. The Morgan fingerprint density at radius 2 is 2.04 bits per heavy atom. The van der Waals surface area contributed by atoms with Crippen molar-refractivity contribution in [2.75, 3.05) is 10.0 Å². The SMILES string of the molecule is Cn1nnc2c(C(=O)Nc3cc(Cl)cc(NS(=O)[O-])c3)ncn2c1=O. The van der Waals surface area contributed by atoms with Gasteiger partial charge < -0.3 is 14.6 Å². The lowest BCUT2D eigenvalue weighted by Gasteiger charge is -2.11. The van der Waals surface area contributed by atoms with E-state index in [0.717, 1.165) is 15.4 Å². The highest BCUT2D eigenvalue weighted by molar-refractivity contribution is 7.80. The monoisotopic (exact) mass is 382 g/mol. The number of rotatable bonds is 4. The Morgan fingerprint density at radius 1 is 1.32 bits per heavy atom. The number of hydrogen-bond acceptors (Lipinski definition) is 7. The van der Waals surface area contributed by atoms with E-state index in [2.05, 4.69) is 25.3 Å². The maximum Gasteiger partial charge on any atom is 0.352 e. The molecule has 2 aromatic heterocycles. The molecule has 1 amide bonds. The molecule has 25 heavy (non-hydrogen) atoms. The average Bonchev–Trinajstić information content (AvgIpc) is 2.94. The van der Waals surface area contributed by atoms with Crippen LogP contribution in [0.4, 0.5) is 11.4 Å². The number of aryl methyl sites for hydroxylation is 1. The minimum atomic E-state index is -2.54. The molecule has 130 valence electrons. The molecule has 3 aromatic rings. The van der Waals surface area contributed by atoms with Gasteiger partial charge in [-0.25, -0.2) is 14.2 Å². The highest BCUT2D eigenvalue weighted by Crippen LogP contribution is 2.23. The summed E-state index contributed by atoms with van der Waals surface area (Å²) in [6.45, 7) is 0. The van der Waals surface area contributed by atoms with Crippen LogP contribution in [0.2, 0.25) is 5.02 Å². The van der Waals surface area contributed by atoms with Gasteiger partial charge in [0.25, 0.3) is 5.91 Å². The highest BCUT2D eigenvalue weighted by Gasteiger charge is 2.17. The van der Waals surface area contributed by atoms with Gasteiger partial charge in [-0.05, 0) is 18.2 Å². The van der Waals surface area contributed by atoms with Gasteiger partial charge in [-0.3, -0.25) is 9.00 Å². The van der Waals surface area contributed by atoms with Crippen molar-refractivity contribution in [1.29, 1.82) is 0 Å². The van der Waals surface area contributed by atoms with Crippen molar-refractivity contribution in [2.24, 2.45) is 7.05 Å². The van der Waals surface area contributed by atoms with Crippen LogP contribution in [0.3, 0.4) is 0 Å². The Labute approximate surface area is 147 Å². The van der Waals surface area contributed by atoms with Crippen LogP contribution in [0.15, 0.2) is 29.3 Å². The molecule has 2 N–H and O–H groups in total. The molecular weight excluding hydrogens is 374 g/mol. The van der Waals surface area contributed by atoms with Crippen LogP contribution in [-0.2, 0) is 18.3 Å². The Balaban J connectivity index is 1.93. The molecule has 0 bridgehead atoms. The Morgan fingerprint density at radius 3 is 2.76 bits per heavy atom. The van der Waals surface area contributed by atoms with Gasteiger partial charge in [0.05, 0.1) is 0 Å². The summed E-state index contributed by atoms with van der Waals surface area (Å²) in [4.78, 5) is 28.1. The fourth-order valence-electron chi connectivity index (χ4n) is 2.05. The average molecular weight is 383 g/mol. The number of halogens is 1. The van der Waals surface area contributed by atoms with Gasteiger partial charge in [0.15, 0.2) is 11.3 Å². The fraction of sp³-hybridized carbons (Fsp3) is 0.0833. The van der Waals surface area contributed by atoms with E-state index in [1.165, 1.54) is 25.2 Å². The lowest BCUT2D eigenvalue weighted by Crippen LogP contribution is -2.27. The predicted octanol–water partition coefficient (Wildman–Crippen LogP) is -0.0653. The van der Waals surface area contributed by atoms with Gasteiger partial charge in [0.2, 0.25) is 0 Å². The van der Waals surface area contributed by atoms with Gasteiger partial charge in [0.1, 0.15) is 6.33 Å². The number of aromatic nitrogens is 5. The number of nitrogens with zero attached hydrogens (tertiary/aromatic N) is 5. The summed E-state index contributed by atoms with van der Waals surface area (Å²) in [5.74, 6) is -0.665. The first-order valence-corrected chi connectivity index (χ1v) is 8.05. The van der Waals surface area contributed by atoms with E-state index < -0.39 is 22.9 Å². The second kappa shape index (κ2) is 6.58. The third-order valence-corrected chi connectivity index (χ3v) is 3.69. The quantitative estimate of drug-likeness (QED) is 0.600. The Kier molecular flexibility index (Phi) is 4.48. The molecular formula is C12H9ClN7O4S-. The molecule has 0 aliphatic heterocycles. The normalized spacial score (nSPS) is 12.1. The van der Waals surface area contributed by atoms with Crippen molar-refractivity contribution >= 4 is 45.8 Å². The Hall–Kier alpha value is -2.83. The van der Waals surface area contributed by atoms with Gasteiger partial charge in [-0.2, -0.15) is 4.68 Å². The first-order valence-electron chi connectivity index (χ1n) is 6.60. The van der Waals surface area contributed by atoms with E-state index in [0.29, 0.717) is 0 Å². The molecule has 0 saturated carbocycles. The summed E-state index contributed by atoms with van der Waals surface area (Å²) in [6, 6.07) is 4.15. The third kappa shape index (κ3) is 3.50. The molecule has 3 rings (SSSR count). The topological polar surface area (TPSA) is 146 Å². The van der Waals surface area contributed by atoms with Crippen LogP contribution >= 0.6 is 11.6 Å². The van der Waals surface area contributed by atoms with Crippen molar-refractivity contribution in [3.63, 3.8) is 0 Å². The number of fused-ring (bicyclic) bond motifs is 1. The molecule has 1 atom stereocenters. The second-order valence-electron chi connectivity index (χ2n) is 4.80. The van der Waals surface area contributed by atoms with E-state index in [-0.39, 0.29) is 27.7 Å². The summed E-state index contributed by atoms with van der Waals surface area (Å²) in [7, 11) is 1.41. The zero-order chi connectivity index (χ0) is 18.1. The van der Waals surface area contributed by atoms with Crippen LogP contribution < -0.4 is 15.7 Å². The van der Waals surface area contributed by atoms with E-state index in [4.69, 9.17) is 11.6 Å². The van der Waals surface area contributed by atoms with Gasteiger partial charge in [0, 0.05) is 34.7 Å². The zero-order valence-electron chi connectivity index (χ0n) is 12.5. The molecule has 1 unspecified atom stereocenters. The van der Waals surface area contributed by atoms with Crippen LogP contribution in [0.1, 0.15) is 10.5 Å². The molecule has 0 aliphatic carbocycles. The molecule has 0 saturated heterocycles. The zero-order valence-corrected chi connectivity index (χ0v) is 14.0. The minimum absolute atomic E-state index is 0.0124. The van der Waals surface area contributed by atoms with Crippen molar-refractivity contribution in [1.82, 2.24) is 24.4 Å². The van der Waals surface area contributed by atoms with Crippen LogP contribution in [0.25, 0.3) is 5.65 Å². The van der Waals surface area contributed by atoms with E-state index in [1.54, 1.807) is 0 Å². The number of carbonyl (C=O) groups excluding carboxylic acids is 1. The lowest BCUT2D eigenvalue weighted by atomic mass is 10.2. The number of carbonyl (C=O) groups is 1. The summed E-state index contributed by atoms with van der Waals surface area (Å²) in [6.07, 6.45) is 1.16. The van der Waals surface area contributed by atoms with Crippen LogP contribution in [0.5, 0.6) is 0 Å². The van der Waals surface area contributed by atoms with Crippen molar-refractivity contribution < 1.29 is 13.6 Å². The van der Waals surface area contributed by atoms with E-state index in [1.807, 2.05) is 0 Å². The smallest absolute Gasteiger partial charge is 0.352 e. The van der Waals surface area contributed by atoms with Gasteiger partial charge >= 0.3 is 5.69 Å². The lowest BCUT2D eigenvalue weighted by molar-refractivity contribution is 0.102. The number of benzene rings is 1. The number of nitrogens with one attached hydrogen (secondary N) is 2. The van der Waals surface area contributed by atoms with Crippen LogP contribution in [0, 0.1) is 0 Å². The maximum absolute atomic E-state index is 12.4. The van der Waals surface area contributed by atoms with Gasteiger partial charge in [-0.1, -0.05) is 16.8 Å². The largest absolute Gasteiger partial charge is 0.755 e. The number of imidazole rings is 1. The molecule has 1 aromatic carbocycles. The molecule has 13 heteroatoms. The van der Waals surface area contributed by atoms with E-state index >= 15 is 0 Å². The Bertz CT molecular complexity index is 1060. The molecule has 0 radical (unpaired) electrons. The first kappa shape index (κ1) is 17.0. The maximum atomic E-state index is 12.4. The van der Waals surface area contributed by atoms with E-state index in [9.17, 15) is 18.4 Å². The summed E-state index contributed by atoms with van der Waals surface area (Å²) in [5, 5.41) is 10.1. The van der Waals surface area contributed by atoms with Crippen molar-refractivity contribution in [3.05, 3.63) is 45.7 Å². The molecule has 0 fully saturated rings. The predicted molar refractivity (Wildman–Crippen MR) is 88.0 cm³/mol. The number of amides is 1. The molecule has 0 spiro atoms. The molecule has 0 aliphatic rings. The summed E-state index contributed by atoms with van der Waals surface area (Å²) >= 11 is 3.36. The summed E-state index contributed by atoms with van der Waals surface area (Å²) < 4.78 is 25.6. The minimum Gasteiger partial charge on any atom is -0.755 e. The molecule has 2 heterocycles.